The highest BCUT2D eigenvalue weighted by atomic mass is 15.1. The molecule has 0 amide bonds. The summed E-state index contributed by atoms with van der Waals surface area (Å²) in [6, 6.07) is 74.1. The van der Waals surface area contributed by atoms with E-state index in [0.29, 0.717) is 0 Å². The zero-order valence-corrected chi connectivity index (χ0v) is 35.5. The summed E-state index contributed by atoms with van der Waals surface area (Å²) in [5.41, 5.74) is 22.4. The molecule has 10 aromatic rings. The van der Waals surface area contributed by atoms with Gasteiger partial charge in [-0.15, -0.1) is 0 Å². The first-order chi connectivity index (χ1) is 30.3. The van der Waals surface area contributed by atoms with E-state index in [1.807, 2.05) is 0 Å². The highest BCUT2D eigenvalue weighted by Crippen LogP contribution is 2.53. The van der Waals surface area contributed by atoms with Crippen LogP contribution >= 0.6 is 0 Å². The number of aromatic nitrogens is 1. The lowest BCUT2D eigenvalue weighted by Crippen LogP contribution is -2.18. The van der Waals surface area contributed by atoms with Crippen molar-refractivity contribution < 1.29 is 0 Å². The first kappa shape index (κ1) is 36.4. The Morgan fingerprint density at radius 1 is 0.371 bits per heavy atom. The van der Waals surface area contributed by atoms with Crippen molar-refractivity contribution in [1.82, 2.24) is 4.98 Å². The molecule has 1 N–H and O–H groups in total. The van der Waals surface area contributed by atoms with E-state index in [4.69, 9.17) is 0 Å². The molecule has 0 atom stereocenters. The maximum Gasteiger partial charge on any atom is 0.0544 e. The molecule has 0 radical (unpaired) electrons. The minimum Gasteiger partial charge on any atom is -0.354 e. The summed E-state index contributed by atoms with van der Waals surface area (Å²) in [6.45, 7) is 9.46. The van der Waals surface area contributed by atoms with Crippen molar-refractivity contribution in [3.8, 4) is 55.8 Å². The van der Waals surface area contributed by atoms with Gasteiger partial charge in [0.05, 0.1) is 5.69 Å². The lowest BCUT2D eigenvalue weighted by atomic mass is 9.82. The average molecular weight is 795 g/mol. The number of hydrogen-bond donors (Lipinski definition) is 1. The van der Waals surface area contributed by atoms with Gasteiger partial charge in [0.2, 0.25) is 0 Å². The molecule has 0 saturated carbocycles. The summed E-state index contributed by atoms with van der Waals surface area (Å²) in [6.07, 6.45) is 0. The summed E-state index contributed by atoms with van der Waals surface area (Å²) < 4.78 is 0. The molecule has 2 aliphatic rings. The van der Waals surface area contributed by atoms with Crippen molar-refractivity contribution in [3.63, 3.8) is 0 Å². The molecule has 1 aromatic heterocycles. The van der Waals surface area contributed by atoms with Gasteiger partial charge in [-0.25, -0.2) is 0 Å². The fourth-order valence-electron chi connectivity index (χ4n) is 10.8. The molecule has 2 heteroatoms. The van der Waals surface area contributed by atoms with E-state index in [1.54, 1.807) is 0 Å². The Balaban J connectivity index is 0.971. The second kappa shape index (κ2) is 13.5. The molecule has 0 fully saturated rings. The third kappa shape index (κ3) is 5.43. The number of aromatic amines is 1. The molecule has 0 bridgehead atoms. The minimum absolute atomic E-state index is 0.105. The minimum atomic E-state index is -0.105. The fourth-order valence-corrected chi connectivity index (χ4v) is 10.8. The topological polar surface area (TPSA) is 19.0 Å². The van der Waals surface area contributed by atoms with Crippen LogP contribution < -0.4 is 4.90 Å². The Kier molecular flexibility index (Phi) is 7.96. The normalized spacial score (nSPS) is 14.1. The van der Waals surface area contributed by atoms with Crippen LogP contribution in [0.4, 0.5) is 17.1 Å². The Hall–Kier alpha value is -7.42. The van der Waals surface area contributed by atoms with Crippen molar-refractivity contribution in [1.29, 1.82) is 0 Å². The van der Waals surface area contributed by atoms with Crippen LogP contribution in [0.15, 0.2) is 200 Å². The van der Waals surface area contributed by atoms with Gasteiger partial charge in [0.1, 0.15) is 0 Å². The Morgan fingerprint density at radius 3 is 1.47 bits per heavy atom. The quantitative estimate of drug-likeness (QED) is 0.178. The van der Waals surface area contributed by atoms with Crippen LogP contribution in [0.1, 0.15) is 49.9 Å². The predicted octanol–water partition coefficient (Wildman–Crippen LogP) is 16.4. The molecular formula is C60H46N2. The summed E-state index contributed by atoms with van der Waals surface area (Å²) >= 11 is 0. The van der Waals surface area contributed by atoms with Crippen molar-refractivity contribution >= 4 is 38.7 Å². The third-order valence-corrected chi connectivity index (χ3v) is 14.0. The average Bonchev–Trinajstić information content (AvgIpc) is 3.90. The number of nitrogens with one attached hydrogen (secondary N) is 1. The van der Waals surface area contributed by atoms with Crippen molar-refractivity contribution in [3.05, 3.63) is 222 Å². The number of nitrogens with zero attached hydrogens (tertiary/aromatic N) is 1. The van der Waals surface area contributed by atoms with Gasteiger partial charge < -0.3 is 9.88 Å². The second-order valence-corrected chi connectivity index (χ2v) is 18.2. The van der Waals surface area contributed by atoms with Gasteiger partial charge in [-0.1, -0.05) is 179 Å². The molecule has 0 spiro atoms. The Morgan fingerprint density at radius 2 is 0.871 bits per heavy atom. The smallest absolute Gasteiger partial charge is 0.0544 e. The molecule has 2 aliphatic carbocycles. The van der Waals surface area contributed by atoms with Crippen molar-refractivity contribution in [2.75, 3.05) is 4.90 Å². The molecule has 12 rings (SSSR count). The first-order valence-corrected chi connectivity index (χ1v) is 21.8. The van der Waals surface area contributed by atoms with Crippen molar-refractivity contribution in [2.24, 2.45) is 0 Å². The van der Waals surface area contributed by atoms with E-state index in [2.05, 4.69) is 238 Å². The molecule has 9 aromatic carbocycles. The zero-order chi connectivity index (χ0) is 41.7. The molecular weight excluding hydrogens is 749 g/mol. The monoisotopic (exact) mass is 794 g/mol. The highest BCUT2D eigenvalue weighted by molar-refractivity contribution is 6.17. The number of anilines is 3. The van der Waals surface area contributed by atoms with E-state index < -0.39 is 0 Å². The number of rotatable bonds is 6. The highest BCUT2D eigenvalue weighted by Gasteiger charge is 2.37. The molecule has 296 valence electrons. The van der Waals surface area contributed by atoms with Gasteiger partial charge in [0.25, 0.3) is 0 Å². The summed E-state index contributed by atoms with van der Waals surface area (Å²) in [4.78, 5) is 6.26. The summed E-state index contributed by atoms with van der Waals surface area (Å²) in [5.74, 6) is 0. The van der Waals surface area contributed by atoms with E-state index in [-0.39, 0.29) is 10.8 Å². The van der Waals surface area contributed by atoms with Crippen LogP contribution in [0.2, 0.25) is 0 Å². The van der Waals surface area contributed by atoms with Crippen LogP contribution in [0.5, 0.6) is 0 Å². The van der Waals surface area contributed by atoms with E-state index in [0.717, 1.165) is 28.3 Å². The number of fused-ring (bicyclic) bond motifs is 9. The van der Waals surface area contributed by atoms with E-state index >= 15 is 0 Å². The fraction of sp³-hybridized carbons (Fsp3) is 0.100. The lowest BCUT2D eigenvalue weighted by Gasteiger charge is -2.30. The van der Waals surface area contributed by atoms with Gasteiger partial charge in [-0.2, -0.15) is 0 Å². The molecule has 0 unspecified atom stereocenters. The standard InChI is InChI=1S/C60H46N2/c1-59(2)51-21-13-11-19-47(51)49-32-29-44(36-53(49)59)62(45-30-33-50-48-20-12-14-22-52(48)60(3,4)54(50)37-45)43-27-23-38(24-28-43)41-25-31-46-42(35-41)26-34-55-57(46)56(39-15-7-5-8-16-39)58(61-55)40-17-9-6-10-18-40/h5-37,61H,1-4H3. The van der Waals surface area contributed by atoms with E-state index in [1.165, 1.54) is 88.5 Å². The van der Waals surface area contributed by atoms with Crippen LogP contribution in [0.25, 0.3) is 77.4 Å². The molecule has 0 aliphatic heterocycles. The van der Waals surface area contributed by atoms with Gasteiger partial charge in [-0.05, 0) is 126 Å². The summed E-state index contributed by atoms with van der Waals surface area (Å²) in [7, 11) is 0. The third-order valence-electron chi connectivity index (χ3n) is 14.0. The molecule has 1 heterocycles. The van der Waals surface area contributed by atoms with Crippen molar-refractivity contribution in [2.45, 2.75) is 38.5 Å². The van der Waals surface area contributed by atoms with Gasteiger partial charge in [-0.3, -0.25) is 0 Å². The van der Waals surface area contributed by atoms with Gasteiger partial charge in [0, 0.05) is 44.4 Å². The van der Waals surface area contributed by atoms with Gasteiger partial charge in [0.15, 0.2) is 0 Å². The van der Waals surface area contributed by atoms with Crippen LogP contribution in [0, 0.1) is 0 Å². The number of benzene rings is 9. The first-order valence-electron chi connectivity index (χ1n) is 21.8. The van der Waals surface area contributed by atoms with Gasteiger partial charge >= 0.3 is 0 Å². The van der Waals surface area contributed by atoms with E-state index in [9.17, 15) is 0 Å². The maximum atomic E-state index is 3.80. The SMILES string of the molecule is CC1(C)c2ccccc2-c2ccc(N(c3ccc(-c4ccc5c(ccc6[nH]c(-c7ccccc7)c(-c7ccccc7)c65)c4)cc3)c3ccc4c(c3)C(C)(C)c3ccccc3-4)cc21. The Labute approximate surface area is 363 Å². The van der Waals surface area contributed by atoms with Crippen LogP contribution in [-0.4, -0.2) is 4.98 Å². The summed E-state index contributed by atoms with van der Waals surface area (Å²) in [5, 5.41) is 3.72. The number of hydrogen-bond acceptors (Lipinski definition) is 1. The largest absolute Gasteiger partial charge is 0.354 e. The maximum absolute atomic E-state index is 3.80. The Bertz CT molecular complexity index is 3280. The molecule has 2 nitrogen and oxygen atoms in total. The number of H-pyrrole nitrogens is 1. The molecule has 62 heavy (non-hydrogen) atoms. The zero-order valence-electron chi connectivity index (χ0n) is 35.5. The second-order valence-electron chi connectivity index (χ2n) is 18.2. The lowest BCUT2D eigenvalue weighted by molar-refractivity contribution is 0.660. The predicted molar refractivity (Wildman–Crippen MR) is 262 cm³/mol. The van der Waals surface area contributed by atoms with Crippen LogP contribution in [0.3, 0.4) is 0 Å². The molecule has 0 saturated heterocycles. The van der Waals surface area contributed by atoms with Crippen LogP contribution in [-0.2, 0) is 10.8 Å².